The lowest BCUT2D eigenvalue weighted by atomic mass is 9.88. The van der Waals surface area contributed by atoms with Gasteiger partial charge in [-0.15, -0.1) is 12.4 Å². The van der Waals surface area contributed by atoms with Crippen LogP contribution >= 0.6 is 12.4 Å². The zero-order chi connectivity index (χ0) is 16.6. The van der Waals surface area contributed by atoms with E-state index in [4.69, 9.17) is 0 Å². The molecular formula is C22H31ClN2. The average Bonchev–Trinajstić information content (AvgIpc) is 2.67. The predicted molar refractivity (Wildman–Crippen MR) is 110 cm³/mol. The molecule has 136 valence electrons. The van der Waals surface area contributed by atoms with Crippen molar-refractivity contribution in [2.24, 2.45) is 0 Å². The smallest absolute Gasteiger partial charge is 0.0101 e. The lowest BCUT2D eigenvalue weighted by Crippen LogP contribution is -2.42. The van der Waals surface area contributed by atoms with Crippen LogP contribution in [0, 0.1) is 0 Å². The highest BCUT2D eigenvalue weighted by molar-refractivity contribution is 5.85. The minimum atomic E-state index is 0. The number of benzene rings is 2. The molecule has 1 fully saturated rings. The Morgan fingerprint density at radius 3 is 1.92 bits per heavy atom. The van der Waals surface area contributed by atoms with E-state index in [1.807, 2.05) is 0 Å². The maximum Gasteiger partial charge on any atom is 0.0101 e. The summed E-state index contributed by atoms with van der Waals surface area (Å²) >= 11 is 0. The first kappa shape index (κ1) is 20.0. The van der Waals surface area contributed by atoms with Gasteiger partial charge in [0.15, 0.2) is 0 Å². The SMILES string of the molecule is CCN1CCC(NCCC(c2ccccc2)c2ccccc2)CC1.Cl. The molecule has 2 nitrogen and oxygen atoms in total. The summed E-state index contributed by atoms with van der Waals surface area (Å²) in [7, 11) is 0. The Labute approximate surface area is 159 Å². The highest BCUT2D eigenvalue weighted by Gasteiger charge is 2.18. The van der Waals surface area contributed by atoms with E-state index < -0.39 is 0 Å². The molecule has 0 radical (unpaired) electrons. The molecule has 2 aromatic carbocycles. The number of hydrogen-bond acceptors (Lipinski definition) is 2. The second-order valence-electron chi connectivity index (χ2n) is 6.83. The van der Waals surface area contributed by atoms with Crippen molar-refractivity contribution in [1.82, 2.24) is 10.2 Å². The topological polar surface area (TPSA) is 15.3 Å². The summed E-state index contributed by atoms with van der Waals surface area (Å²) in [5, 5.41) is 3.81. The molecule has 1 heterocycles. The molecule has 3 rings (SSSR count). The number of halogens is 1. The standard InChI is InChI=1S/C22H30N2.ClH/c1-2-24-17-14-21(15-18-24)23-16-13-22(19-9-5-3-6-10-19)20-11-7-4-8-12-20;/h3-12,21-23H,2,13-18H2,1H3;1H. The van der Waals surface area contributed by atoms with E-state index >= 15 is 0 Å². The predicted octanol–water partition coefficient (Wildman–Crippen LogP) is 4.70. The first-order chi connectivity index (χ1) is 11.9. The second kappa shape index (κ2) is 10.6. The van der Waals surface area contributed by atoms with Crippen molar-refractivity contribution in [3.8, 4) is 0 Å². The number of rotatable bonds is 7. The van der Waals surface area contributed by atoms with E-state index in [1.54, 1.807) is 0 Å². The van der Waals surface area contributed by atoms with Crippen molar-refractivity contribution in [2.45, 2.75) is 38.1 Å². The normalized spacial score (nSPS) is 15.9. The summed E-state index contributed by atoms with van der Waals surface area (Å²) in [6.07, 6.45) is 3.73. The maximum absolute atomic E-state index is 3.81. The molecule has 1 aliphatic heterocycles. The van der Waals surface area contributed by atoms with Crippen LogP contribution in [-0.2, 0) is 0 Å². The van der Waals surface area contributed by atoms with E-state index in [0.29, 0.717) is 12.0 Å². The van der Waals surface area contributed by atoms with Gasteiger partial charge in [-0.05, 0) is 56.6 Å². The molecule has 3 heteroatoms. The lowest BCUT2D eigenvalue weighted by Gasteiger charge is -2.32. The summed E-state index contributed by atoms with van der Waals surface area (Å²) in [6.45, 7) is 7.03. The minimum absolute atomic E-state index is 0. The molecule has 25 heavy (non-hydrogen) atoms. The van der Waals surface area contributed by atoms with Crippen molar-refractivity contribution in [3.05, 3.63) is 71.8 Å². The molecule has 0 bridgehead atoms. The van der Waals surface area contributed by atoms with Gasteiger partial charge in [-0.2, -0.15) is 0 Å². The largest absolute Gasteiger partial charge is 0.314 e. The van der Waals surface area contributed by atoms with Gasteiger partial charge in [-0.3, -0.25) is 0 Å². The van der Waals surface area contributed by atoms with Crippen LogP contribution in [0.5, 0.6) is 0 Å². The quantitative estimate of drug-likeness (QED) is 0.771. The number of hydrogen-bond donors (Lipinski definition) is 1. The van der Waals surface area contributed by atoms with E-state index in [2.05, 4.69) is 77.8 Å². The zero-order valence-corrected chi connectivity index (χ0v) is 16.0. The highest BCUT2D eigenvalue weighted by Crippen LogP contribution is 2.27. The average molecular weight is 359 g/mol. The van der Waals surface area contributed by atoms with Gasteiger partial charge in [0.05, 0.1) is 0 Å². The van der Waals surface area contributed by atoms with Crippen LogP contribution in [0.4, 0.5) is 0 Å². The van der Waals surface area contributed by atoms with Crippen LogP contribution in [-0.4, -0.2) is 37.1 Å². The van der Waals surface area contributed by atoms with Crippen molar-refractivity contribution < 1.29 is 0 Å². The van der Waals surface area contributed by atoms with E-state index in [-0.39, 0.29) is 12.4 Å². The summed E-state index contributed by atoms with van der Waals surface area (Å²) in [6, 6.07) is 22.6. The Balaban J connectivity index is 0.00000225. The molecule has 1 saturated heterocycles. The second-order valence-corrected chi connectivity index (χ2v) is 6.83. The Morgan fingerprint density at radius 1 is 0.920 bits per heavy atom. The van der Waals surface area contributed by atoms with Gasteiger partial charge < -0.3 is 10.2 Å². The molecule has 0 atom stereocenters. The molecule has 0 amide bonds. The van der Waals surface area contributed by atoms with Gasteiger partial charge in [-0.1, -0.05) is 67.6 Å². The van der Waals surface area contributed by atoms with E-state index in [1.165, 1.54) is 43.6 Å². The van der Waals surface area contributed by atoms with Gasteiger partial charge in [0.25, 0.3) is 0 Å². The Hall–Kier alpha value is -1.35. The number of nitrogens with one attached hydrogen (secondary N) is 1. The summed E-state index contributed by atoms with van der Waals surface area (Å²) in [5.74, 6) is 0.482. The maximum atomic E-state index is 3.81. The van der Waals surface area contributed by atoms with Crippen molar-refractivity contribution in [1.29, 1.82) is 0 Å². The van der Waals surface area contributed by atoms with Gasteiger partial charge in [-0.25, -0.2) is 0 Å². The number of likely N-dealkylation sites (tertiary alicyclic amines) is 1. The minimum Gasteiger partial charge on any atom is -0.314 e. The van der Waals surface area contributed by atoms with Crippen LogP contribution in [0.2, 0.25) is 0 Å². The van der Waals surface area contributed by atoms with Crippen molar-refractivity contribution in [3.63, 3.8) is 0 Å². The first-order valence-corrected chi connectivity index (χ1v) is 9.42. The molecule has 0 spiro atoms. The fourth-order valence-corrected chi connectivity index (χ4v) is 3.78. The molecule has 0 aromatic heterocycles. The third-order valence-corrected chi connectivity index (χ3v) is 5.30. The van der Waals surface area contributed by atoms with E-state index in [0.717, 1.165) is 13.0 Å². The van der Waals surface area contributed by atoms with Gasteiger partial charge in [0, 0.05) is 12.0 Å². The summed E-state index contributed by atoms with van der Waals surface area (Å²) in [5.41, 5.74) is 2.85. The fourth-order valence-electron chi connectivity index (χ4n) is 3.78. The molecule has 1 N–H and O–H groups in total. The number of nitrogens with zero attached hydrogens (tertiary/aromatic N) is 1. The summed E-state index contributed by atoms with van der Waals surface area (Å²) in [4.78, 5) is 2.55. The third kappa shape index (κ3) is 5.85. The molecule has 0 saturated carbocycles. The zero-order valence-electron chi connectivity index (χ0n) is 15.2. The monoisotopic (exact) mass is 358 g/mol. The van der Waals surface area contributed by atoms with Crippen LogP contribution in [0.1, 0.15) is 43.2 Å². The third-order valence-electron chi connectivity index (χ3n) is 5.30. The molecule has 0 aliphatic carbocycles. The van der Waals surface area contributed by atoms with Crippen LogP contribution < -0.4 is 5.32 Å². The van der Waals surface area contributed by atoms with Gasteiger partial charge >= 0.3 is 0 Å². The van der Waals surface area contributed by atoms with E-state index in [9.17, 15) is 0 Å². The molecule has 0 unspecified atom stereocenters. The molecule has 1 aliphatic rings. The van der Waals surface area contributed by atoms with Crippen LogP contribution in [0.15, 0.2) is 60.7 Å². The van der Waals surface area contributed by atoms with Crippen molar-refractivity contribution >= 4 is 12.4 Å². The Kier molecular flexibility index (Phi) is 8.47. The summed E-state index contributed by atoms with van der Waals surface area (Å²) < 4.78 is 0. The Bertz CT molecular complexity index is 540. The molecule has 2 aromatic rings. The van der Waals surface area contributed by atoms with Crippen LogP contribution in [0.3, 0.4) is 0 Å². The van der Waals surface area contributed by atoms with Crippen molar-refractivity contribution in [2.75, 3.05) is 26.2 Å². The van der Waals surface area contributed by atoms with Gasteiger partial charge in [0.1, 0.15) is 0 Å². The highest BCUT2D eigenvalue weighted by atomic mass is 35.5. The van der Waals surface area contributed by atoms with Crippen LogP contribution in [0.25, 0.3) is 0 Å². The number of piperidine rings is 1. The Morgan fingerprint density at radius 2 is 1.44 bits per heavy atom. The lowest BCUT2D eigenvalue weighted by molar-refractivity contribution is 0.206. The molecular weight excluding hydrogens is 328 g/mol. The first-order valence-electron chi connectivity index (χ1n) is 9.42. The van der Waals surface area contributed by atoms with Gasteiger partial charge in [0.2, 0.25) is 0 Å². The fraction of sp³-hybridized carbons (Fsp3) is 0.455.